The highest BCUT2D eigenvalue weighted by Gasteiger charge is 2.30. The molecule has 6 nitrogen and oxygen atoms in total. The van der Waals surface area contributed by atoms with E-state index in [-0.39, 0.29) is 17.2 Å². The molecule has 2 heterocycles. The van der Waals surface area contributed by atoms with Gasteiger partial charge in [-0.2, -0.15) is 0 Å². The van der Waals surface area contributed by atoms with E-state index in [1.807, 2.05) is 30.3 Å². The summed E-state index contributed by atoms with van der Waals surface area (Å²) in [7, 11) is -3.81. The smallest absolute Gasteiger partial charge is 0.246 e. The van der Waals surface area contributed by atoms with Crippen molar-refractivity contribution < 1.29 is 18.0 Å². The molecule has 8 heteroatoms. The molecule has 1 atom stereocenters. The van der Waals surface area contributed by atoms with E-state index in [1.165, 1.54) is 11.3 Å². The molecule has 2 N–H and O–H groups in total. The third-order valence-electron chi connectivity index (χ3n) is 3.80. The fraction of sp³-hybridized carbons (Fsp3) is 0.312. The van der Waals surface area contributed by atoms with Crippen molar-refractivity contribution in [2.75, 3.05) is 6.54 Å². The molecule has 0 saturated carbocycles. The number of hydrogen-bond donors (Lipinski definition) is 2. The van der Waals surface area contributed by atoms with Crippen molar-refractivity contribution in [2.24, 2.45) is 0 Å². The summed E-state index contributed by atoms with van der Waals surface area (Å²) < 4.78 is 33.3. The highest BCUT2D eigenvalue weighted by Crippen LogP contribution is 2.33. The van der Waals surface area contributed by atoms with Crippen LogP contribution in [0.3, 0.4) is 0 Å². The summed E-state index contributed by atoms with van der Waals surface area (Å²) in [6.07, 6.45) is 0. The second-order valence-corrected chi connectivity index (χ2v) is 8.69. The second-order valence-electron chi connectivity index (χ2n) is 5.90. The van der Waals surface area contributed by atoms with Crippen LogP contribution in [-0.4, -0.2) is 25.2 Å². The van der Waals surface area contributed by atoms with Crippen LogP contribution in [0.4, 0.5) is 0 Å². The summed E-state index contributed by atoms with van der Waals surface area (Å²) in [5, 5.41) is 15.4. The zero-order chi connectivity index (χ0) is 17.5. The summed E-state index contributed by atoms with van der Waals surface area (Å²) >= 11 is 1.44. The van der Waals surface area contributed by atoms with Crippen molar-refractivity contribution >= 4 is 31.4 Å². The molecule has 0 aliphatic rings. The summed E-state index contributed by atoms with van der Waals surface area (Å²) in [4.78, 5) is 0.722. The predicted octanol–water partition coefficient (Wildman–Crippen LogP) is 2.69. The molecule has 3 aromatic rings. The Morgan fingerprint density at radius 3 is 2.67 bits per heavy atom. The molecular weight excluding hydrogens is 348 g/mol. The largest absolute Gasteiger partial charge is 0.383 e. The van der Waals surface area contributed by atoms with E-state index >= 15 is 0 Å². The van der Waals surface area contributed by atoms with Crippen LogP contribution >= 0.6 is 11.3 Å². The number of aliphatic hydroxyl groups is 1. The van der Waals surface area contributed by atoms with Gasteiger partial charge in [-0.1, -0.05) is 23.4 Å². The lowest BCUT2D eigenvalue weighted by Gasteiger charge is -2.22. The zero-order valence-electron chi connectivity index (χ0n) is 13.5. The third-order valence-corrected chi connectivity index (χ3v) is 6.81. The van der Waals surface area contributed by atoms with Gasteiger partial charge in [0.15, 0.2) is 5.76 Å². The maximum atomic E-state index is 12.5. The van der Waals surface area contributed by atoms with E-state index in [0.29, 0.717) is 10.6 Å². The van der Waals surface area contributed by atoms with Crippen molar-refractivity contribution in [1.29, 1.82) is 0 Å². The predicted molar refractivity (Wildman–Crippen MR) is 92.6 cm³/mol. The summed E-state index contributed by atoms with van der Waals surface area (Å²) in [6.45, 7) is 4.55. The summed E-state index contributed by atoms with van der Waals surface area (Å²) in [5.41, 5.74) is -1.03. The molecule has 24 heavy (non-hydrogen) atoms. The minimum atomic E-state index is -3.81. The number of nitrogens with zero attached hydrogens (tertiary/aromatic N) is 1. The van der Waals surface area contributed by atoms with Gasteiger partial charge in [0, 0.05) is 16.1 Å². The Morgan fingerprint density at radius 2 is 2.04 bits per heavy atom. The van der Waals surface area contributed by atoms with E-state index < -0.39 is 15.6 Å². The molecule has 1 unspecified atom stereocenters. The van der Waals surface area contributed by atoms with Crippen LogP contribution in [0, 0.1) is 13.8 Å². The van der Waals surface area contributed by atoms with Gasteiger partial charge < -0.3 is 9.63 Å². The van der Waals surface area contributed by atoms with Gasteiger partial charge in [0.25, 0.3) is 0 Å². The number of aromatic nitrogens is 1. The van der Waals surface area contributed by atoms with Crippen LogP contribution in [-0.2, 0) is 15.6 Å². The fourth-order valence-corrected chi connectivity index (χ4v) is 5.06. The van der Waals surface area contributed by atoms with Gasteiger partial charge >= 0.3 is 0 Å². The third kappa shape index (κ3) is 3.10. The Labute approximate surface area is 144 Å². The Bertz CT molecular complexity index is 934. The van der Waals surface area contributed by atoms with Crippen molar-refractivity contribution in [3.63, 3.8) is 0 Å². The van der Waals surface area contributed by atoms with E-state index in [9.17, 15) is 13.5 Å². The lowest BCUT2D eigenvalue weighted by Crippen LogP contribution is -2.38. The fourth-order valence-electron chi connectivity index (χ4n) is 2.50. The average molecular weight is 366 g/mol. The number of aryl methyl sites for hydroxylation is 2. The molecule has 0 radical (unpaired) electrons. The maximum absolute atomic E-state index is 12.5. The molecule has 0 saturated heterocycles. The number of thiophene rings is 1. The van der Waals surface area contributed by atoms with Crippen molar-refractivity contribution in [3.8, 4) is 0 Å². The van der Waals surface area contributed by atoms with Gasteiger partial charge in [-0.3, -0.25) is 0 Å². The lowest BCUT2D eigenvalue weighted by molar-refractivity contribution is 0.0666. The van der Waals surface area contributed by atoms with Crippen molar-refractivity contribution in [3.05, 3.63) is 46.7 Å². The molecule has 128 valence electrons. The maximum Gasteiger partial charge on any atom is 0.246 e. The standard InChI is InChI=1S/C16H18N2O4S2/c1-10-15(11(2)22-18-10)24(20,21)17-9-16(3,19)14-8-12-6-4-5-7-13(12)23-14/h4-8,17,19H,9H2,1-3H3. The summed E-state index contributed by atoms with van der Waals surface area (Å²) in [5.74, 6) is 0.224. The molecule has 0 bridgehead atoms. The Balaban J connectivity index is 1.84. The monoisotopic (exact) mass is 366 g/mol. The van der Waals surface area contributed by atoms with Crippen LogP contribution in [0.5, 0.6) is 0 Å². The van der Waals surface area contributed by atoms with Crippen molar-refractivity contribution in [2.45, 2.75) is 31.3 Å². The van der Waals surface area contributed by atoms with Gasteiger partial charge in [0.1, 0.15) is 16.2 Å². The van der Waals surface area contributed by atoms with E-state index in [1.54, 1.807) is 20.8 Å². The highest BCUT2D eigenvalue weighted by atomic mass is 32.2. The minimum absolute atomic E-state index is 0.0228. The first kappa shape index (κ1) is 17.1. The van der Waals surface area contributed by atoms with E-state index in [2.05, 4.69) is 9.88 Å². The second kappa shape index (κ2) is 5.96. The topological polar surface area (TPSA) is 92.4 Å². The van der Waals surface area contributed by atoms with Crippen LogP contribution < -0.4 is 4.72 Å². The van der Waals surface area contributed by atoms with Crippen molar-refractivity contribution in [1.82, 2.24) is 9.88 Å². The quantitative estimate of drug-likeness (QED) is 0.724. The lowest BCUT2D eigenvalue weighted by atomic mass is 10.1. The number of nitrogens with one attached hydrogen (secondary N) is 1. The van der Waals surface area contributed by atoms with Crippen LogP contribution in [0.1, 0.15) is 23.3 Å². The van der Waals surface area contributed by atoms with E-state index in [0.717, 1.165) is 10.1 Å². The molecule has 0 fully saturated rings. The molecule has 3 rings (SSSR count). The van der Waals surface area contributed by atoms with Gasteiger partial charge in [-0.15, -0.1) is 11.3 Å². The highest BCUT2D eigenvalue weighted by molar-refractivity contribution is 7.89. The molecule has 0 amide bonds. The van der Waals surface area contributed by atoms with Gasteiger partial charge in [0.2, 0.25) is 10.0 Å². The summed E-state index contributed by atoms with van der Waals surface area (Å²) in [6, 6.07) is 9.66. The van der Waals surface area contributed by atoms with Crippen LogP contribution in [0.15, 0.2) is 39.8 Å². The number of hydrogen-bond acceptors (Lipinski definition) is 6. The first-order chi connectivity index (χ1) is 11.2. The van der Waals surface area contributed by atoms with E-state index in [4.69, 9.17) is 4.52 Å². The number of benzene rings is 1. The van der Waals surface area contributed by atoms with Crippen LogP contribution in [0.25, 0.3) is 10.1 Å². The zero-order valence-corrected chi connectivity index (χ0v) is 15.2. The first-order valence-corrected chi connectivity index (χ1v) is 9.65. The molecular formula is C16H18N2O4S2. The number of rotatable bonds is 5. The molecule has 0 spiro atoms. The SMILES string of the molecule is Cc1noc(C)c1S(=O)(=O)NCC(C)(O)c1cc2ccccc2s1. The normalized spacial score (nSPS) is 14.8. The Kier molecular flexibility index (Phi) is 4.25. The first-order valence-electron chi connectivity index (χ1n) is 7.35. The molecule has 2 aromatic heterocycles. The van der Waals surface area contributed by atoms with Gasteiger partial charge in [-0.05, 0) is 38.3 Å². The molecule has 1 aromatic carbocycles. The van der Waals surface area contributed by atoms with Gasteiger partial charge in [0.05, 0.1) is 0 Å². The number of sulfonamides is 1. The number of fused-ring (bicyclic) bond motifs is 1. The molecule has 0 aliphatic heterocycles. The Hall–Kier alpha value is -1.74. The Morgan fingerprint density at radius 1 is 1.33 bits per heavy atom. The van der Waals surface area contributed by atoms with Crippen LogP contribution in [0.2, 0.25) is 0 Å². The van der Waals surface area contributed by atoms with Gasteiger partial charge in [-0.25, -0.2) is 13.1 Å². The molecule has 0 aliphatic carbocycles. The minimum Gasteiger partial charge on any atom is -0.383 e. The average Bonchev–Trinajstić information content (AvgIpc) is 3.09.